The highest BCUT2D eigenvalue weighted by molar-refractivity contribution is 7.89. The van der Waals surface area contributed by atoms with Gasteiger partial charge in [-0.3, -0.25) is 9.59 Å². The molecule has 0 aliphatic carbocycles. The van der Waals surface area contributed by atoms with Crippen molar-refractivity contribution < 1.29 is 23.1 Å². The Morgan fingerprint density at radius 3 is 2.09 bits per heavy atom. The van der Waals surface area contributed by atoms with Crippen LogP contribution in [0.3, 0.4) is 0 Å². The number of sulfonamides is 1. The van der Waals surface area contributed by atoms with Gasteiger partial charge in [-0.1, -0.05) is 0 Å². The van der Waals surface area contributed by atoms with Gasteiger partial charge in [-0.2, -0.15) is 0 Å². The van der Waals surface area contributed by atoms with E-state index in [1.54, 1.807) is 20.8 Å². The summed E-state index contributed by atoms with van der Waals surface area (Å²) in [6.07, 6.45) is 0. The predicted octanol–water partition coefficient (Wildman–Crippen LogP) is 0.920. The molecule has 0 aliphatic rings. The Bertz CT molecular complexity index is 659. The smallest absolute Gasteiger partial charge is 0.323 e. The Morgan fingerprint density at radius 2 is 1.68 bits per heavy atom. The van der Waals surface area contributed by atoms with Crippen LogP contribution >= 0.6 is 0 Å². The summed E-state index contributed by atoms with van der Waals surface area (Å²) in [5.41, 5.74) is -0.395. The summed E-state index contributed by atoms with van der Waals surface area (Å²) in [4.78, 5) is 23.6. The third-order valence-corrected chi connectivity index (χ3v) is 4.35. The van der Waals surface area contributed by atoms with Gasteiger partial charge >= 0.3 is 5.97 Å². The van der Waals surface area contributed by atoms with Crippen molar-refractivity contribution in [2.75, 3.05) is 13.6 Å². The number of hydrogen-bond acceptors (Lipinski definition) is 4. The Morgan fingerprint density at radius 1 is 1.18 bits per heavy atom. The molecule has 0 bridgehead atoms. The molecule has 0 heterocycles. The molecular weight excluding hydrogens is 308 g/mol. The summed E-state index contributed by atoms with van der Waals surface area (Å²) in [7, 11) is -2.31. The second-order valence-corrected chi connectivity index (χ2v) is 7.62. The highest BCUT2D eigenvalue weighted by Crippen LogP contribution is 2.14. The molecule has 0 saturated carbocycles. The van der Waals surface area contributed by atoms with Crippen LogP contribution < -0.4 is 4.72 Å². The molecule has 0 spiro atoms. The van der Waals surface area contributed by atoms with E-state index in [2.05, 4.69) is 4.72 Å². The molecule has 0 aromatic heterocycles. The lowest BCUT2D eigenvalue weighted by Crippen LogP contribution is -2.40. The molecule has 0 unspecified atom stereocenters. The van der Waals surface area contributed by atoms with E-state index < -0.39 is 34.0 Å². The first-order valence-electron chi connectivity index (χ1n) is 6.54. The van der Waals surface area contributed by atoms with E-state index in [0.29, 0.717) is 0 Å². The minimum Gasteiger partial charge on any atom is -0.480 e. The van der Waals surface area contributed by atoms with Gasteiger partial charge in [-0.15, -0.1) is 0 Å². The van der Waals surface area contributed by atoms with E-state index in [4.69, 9.17) is 5.11 Å². The lowest BCUT2D eigenvalue weighted by molar-refractivity contribution is -0.137. The number of carbonyl (C=O) groups excluding carboxylic acids is 1. The SMILES string of the molecule is CN(CC(=O)O)C(=O)c1ccc(S(=O)(=O)NC(C)(C)C)cc1. The van der Waals surface area contributed by atoms with E-state index >= 15 is 0 Å². The third-order valence-electron chi connectivity index (χ3n) is 2.57. The molecule has 122 valence electrons. The van der Waals surface area contributed by atoms with E-state index in [-0.39, 0.29) is 10.5 Å². The number of benzene rings is 1. The quantitative estimate of drug-likeness (QED) is 0.836. The number of carboxylic acid groups (broad SMARTS) is 1. The Hall–Kier alpha value is -1.93. The summed E-state index contributed by atoms with van der Waals surface area (Å²) in [5, 5.41) is 8.66. The largest absolute Gasteiger partial charge is 0.480 e. The van der Waals surface area contributed by atoms with Gasteiger partial charge in [0.05, 0.1) is 4.90 Å². The Labute approximate surface area is 130 Å². The van der Waals surface area contributed by atoms with Gasteiger partial charge in [-0.25, -0.2) is 13.1 Å². The number of nitrogens with zero attached hydrogens (tertiary/aromatic N) is 1. The van der Waals surface area contributed by atoms with Crippen LogP contribution in [-0.4, -0.2) is 49.4 Å². The molecule has 1 rings (SSSR count). The average molecular weight is 328 g/mol. The van der Waals surface area contributed by atoms with Crippen LogP contribution in [0.5, 0.6) is 0 Å². The van der Waals surface area contributed by atoms with Crippen molar-refractivity contribution in [2.24, 2.45) is 0 Å². The first kappa shape index (κ1) is 18.1. The monoisotopic (exact) mass is 328 g/mol. The van der Waals surface area contributed by atoms with E-state index in [1.165, 1.54) is 31.3 Å². The molecule has 0 atom stereocenters. The van der Waals surface area contributed by atoms with Crippen molar-refractivity contribution in [1.29, 1.82) is 0 Å². The number of carboxylic acids is 1. The number of nitrogens with one attached hydrogen (secondary N) is 1. The maximum atomic E-state index is 12.1. The second-order valence-electron chi connectivity index (χ2n) is 5.93. The molecule has 1 amide bonds. The molecule has 1 aromatic rings. The Kier molecular flexibility index (Phi) is 5.31. The zero-order valence-electron chi connectivity index (χ0n) is 13.0. The molecule has 8 heteroatoms. The van der Waals surface area contributed by atoms with Crippen LogP contribution in [0.25, 0.3) is 0 Å². The minimum absolute atomic E-state index is 0.0415. The van der Waals surface area contributed by atoms with Crippen LogP contribution in [-0.2, 0) is 14.8 Å². The average Bonchev–Trinajstić information content (AvgIpc) is 2.34. The summed E-state index contributed by atoms with van der Waals surface area (Å²) >= 11 is 0. The van der Waals surface area contributed by atoms with Crippen LogP contribution in [0, 0.1) is 0 Å². The zero-order chi connectivity index (χ0) is 17.1. The number of amides is 1. The minimum atomic E-state index is -3.67. The molecule has 0 fully saturated rings. The van der Waals surface area contributed by atoms with E-state index in [9.17, 15) is 18.0 Å². The van der Waals surface area contributed by atoms with Crippen molar-refractivity contribution in [3.63, 3.8) is 0 Å². The standard InChI is InChI=1S/C14H20N2O5S/c1-14(2,3)15-22(20,21)11-7-5-10(6-8-11)13(19)16(4)9-12(17)18/h5-8,15H,9H2,1-4H3,(H,17,18). The molecule has 2 N–H and O–H groups in total. The fourth-order valence-electron chi connectivity index (χ4n) is 1.73. The first-order valence-corrected chi connectivity index (χ1v) is 8.02. The predicted molar refractivity (Wildman–Crippen MR) is 81.1 cm³/mol. The number of aliphatic carboxylic acids is 1. The van der Waals surface area contributed by atoms with Gasteiger partial charge in [0, 0.05) is 18.2 Å². The molecule has 1 aromatic carbocycles. The fourth-order valence-corrected chi connectivity index (χ4v) is 3.15. The zero-order valence-corrected chi connectivity index (χ0v) is 13.8. The summed E-state index contributed by atoms with van der Waals surface area (Å²) < 4.78 is 26.8. The molecular formula is C14H20N2O5S. The van der Waals surface area contributed by atoms with Crippen molar-refractivity contribution in [3.8, 4) is 0 Å². The second kappa shape index (κ2) is 6.45. The summed E-state index contributed by atoms with van der Waals surface area (Å²) in [6, 6.07) is 5.35. The molecule has 7 nitrogen and oxygen atoms in total. The molecule has 0 saturated heterocycles. The van der Waals surface area contributed by atoms with E-state index in [0.717, 1.165) is 4.90 Å². The van der Waals surface area contributed by atoms with E-state index in [1.807, 2.05) is 0 Å². The third kappa shape index (κ3) is 5.12. The topological polar surface area (TPSA) is 104 Å². The lowest BCUT2D eigenvalue weighted by atomic mass is 10.1. The van der Waals surface area contributed by atoms with Crippen molar-refractivity contribution in [1.82, 2.24) is 9.62 Å². The molecule has 0 aliphatic heterocycles. The van der Waals surface area contributed by atoms with Crippen molar-refractivity contribution in [2.45, 2.75) is 31.2 Å². The van der Waals surface area contributed by atoms with Gasteiger partial charge in [0.15, 0.2) is 0 Å². The molecule has 22 heavy (non-hydrogen) atoms. The van der Waals surface area contributed by atoms with Crippen LogP contribution in [0.1, 0.15) is 31.1 Å². The van der Waals surface area contributed by atoms with Gasteiger partial charge in [0.2, 0.25) is 10.0 Å². The highest BCUT2D eigenvalue weighted by Gasteiger charge is 2.22. The Balaban J connectivity index is 2.96. The van der Waals surface area contributed by atoms with Crippen LogP contribution in [0.2, 0.25) is 0 Å². The number of hydrogen-bond donors (Lipinski definition) is 2. The van der Waals surface area contributed by atoms with Gasteiger partial charge in [-0.05, 0) is 45.0 Å². The van der Waals surface area contributed by atoms with Crippen molar-refractivity contribution >= 4 is 21.9 Å². The highest BCUT2D eigenvalue weighted by atomic mass is 32.2. The maximum absolute atomic E-state index is 12.1. The van der Waals surface area contributed by atoms with Gasteiger partial charge in [0.25, 0.3) is 5.91 Å². The number of likely N-dealkylation sites (N-methyl/N-ethyl adjacent to an activating group) is 1. The van der Waals surface area contributed by atoms with Gasteiger partial charge in [0.1, 0.15) is 6.54 Å². The number of carbonyl (C=O) groups is 2. The summed E-state index contributed by atoms with van der Waals surface area (Å²) in [5.74, 6) is -1.61. The lowest BCUT2D eigenvalue weighted by Gasteiger charge is -2.20. The van der Waals surface area contributed by atoms with Crippen LogP contribution in [0.4, 0.5) is 0 Å². The molecule has 0 radical (unpaired) electrons. The fraction of sp³-hybridized carbons (Fsp3) is 0.429. The van der Waals surface area contributed by atoms with Gasteiger partial charge < -0.3 is 10.0 Å². The summed E-state index contributed by atoms with van der Waals surface area (Å²) in [6.45, 7) is 4.75. The van der Waals surface area contributed by atoms with Crippen molar-refractivity contribution in [3.05, 3.63) is 29.8 Å². The maximum Gasteiger partial charge on any atom is 0.323 e. The first-order chi connectivity index (χ1) is 9.92. The van der Waals surface area contributed by atoms with Crippen LogP contribution in [0.15, 0.2) is 29.2 Å². The number of rotatable bonds is 5. The normalized spacial score (nSPS) is 12.0.